The Morgan fingerprint density at radius 2 is 2.00 bits per heavy atom. The standard InChI is InChI=1S/C15H23NOS/c1-11(12-6-8-17-9-7-12)16-15(13-4-5-13)14-3-2-10-18-14/h2-3,10-13,15-16H,4-9H2,1H3. The first-order valence-electron chi connectivity index (χ1n) is 7.22. The number of thiophene rings is 1. The molecule has 1 saturated carbocycles. The normalized spacial score (nSPS) is 24.9. The smallest absolute Gasteiger partial charge is 0.0469 e. The van der Waals surface area contributed by atoms with Gasteiger partial charge in [0.1, 0.15) is 0 Å². The third-order valence-electron chi connectivity index (χ3n) is 4.36. The van der Waals surface area contributed by atoms with E-state index in [2.05, 4.69) is 29.8 Å². The predicted molar refractivity (Wildman–Crippen MR) is 75.9 cm³/mol. The van der Waals surface area contributed by atoms with E-state index in [9.17, 15) is 0 Å². The van der Waals surface area contributed by atoms with Crippen molar-refractivity contribution in [2.45, 2.75) is 44.7 Å². The summed E-state index contributed by atoms with van der Waals surface area (Å²) in [5.41, 5.74) is 0. The van der Waals surface area contributed by atoms with Crippen LogP contribution in [-0.2, 0) is 4.74 Å². The van der Waals surface area contributed by atoms with Gasteiger partial charge in [-0.3, -0.25) is 0 Å². The van der Waals surface area contributed by atoms with Gasteiger partial charge in [0.2, 0.25) is 0 Å². The summed E-state index contributed by atoms with van der Waals surface area (Å²) in [6.07, 6.45) is 5.23. The number of ether oxygens (including phenoxy) is 1. The minimum atomic E-state index is 0.600. The van der Waals surface area contributed by atoms with Crippen LogP contribution in [0.15, 0.2) is 17.5 Å². The van der Waals surface area contributed by atoms with E-state index < -0.39 is 0 Å². The molecule has 2 nitrogen and oxygen atoms in total. The Labute approximate surface area is 114 Å². The first-order chi connectivity index (χ1) is 8.84. The Morgan fingerprint density at radius 3 is 2.61 bits per heavy atom. The van der Waals surface area contributed by atoms with Crippen LogP contribution in [0.1, 0.15) is 43.5 Å². The van der Waals surface area contributed by atoms with Gasteiger partial charge in [-0.2, -0.15) is 0 Å². The maximum atomic E-state index is 5.46. The van der Waals surface area contributed by atoms with Crippen molar-refractivity contribution in [2.75, 3.05) is 13.2 Å². The third kappa shape index (κ3) is 2.95. The van der Waals surface area contributed by atoms with Gasteiger partial charge in [0.05, 0.1) is 0 Å². The molecule has 0 spiro atoms. The molecule has 3 rings (SSSR count). The molecule has 0 radical (unpaired) electrons. The van der Waals surface area contributed by atoms with Crippen molar-refractivity contribution >= 4 is 11.3 Å². The second-order valence-electron chi connectivity index (χ2n) is 5.74. The fraction of sp³-hybridized carbons (Fsp3) is 0.733. The predicted octanol–water partition coefficient (Wildman–Crippen LogP) is 3.60. The number of hydrogen-bond acceptors (Lipinski definition) is 3. The van der Waals surface area contributed by atoms with E-state index in [4.69, 9.17) is 4.74 Å². The van der Waals surface area contributed by atoms with E-state index >= 15 is 0 Å². The molecule has 2 unspecified atom stereocenters. The average molecular weight is 265 g/mol. The lowest BCUT2D eigenvalue weighted by molar-refractivity contribution is 0.0540. The van der Waals surface area contributed by atoms with E-state index in [1.165, 1.54) is 30.6 Å². The molecular formula is C15H23NOS. The van der Waals surface area contributed by atoms with Crippen LogP contribution in [0.4, 0.5) is 0 Å². The lowest BCUT2D eigenvalue weighted by Crippen LogP contribution is -2.39. The topological polar surface area (TPSA) is 21.3 Å². The van der Waals surface area contributed by atoms with Crippen molar-refractivity contribution in [2.24, 2.45) is 11.8 Å². The summed E-state index contributed by atoms with van der Waals surface area (Å²) in [5, 5.41) is 6.11. The van der Waals surface area contributed by atoms with Crippen LogP contribution in [0.2, 0.25) is 0 Å². The summed E-state index contributed by atoms with van der Waals surface area (Å²) in [6, 6.07) is 5.68. The van der Waals surface area contributed by atoms with Crippen molar-refractivity contribution in [3.63, 3.8) is 0 Å². The fourth-order valence-corrected chi connectivity index (χ4v) is 3.86. The molecule has 2 heterocycles. The zero-order chi connectivity index (χ0) is 12.4. The summed E-state index contributed by atoms with van der Waals surface area (Å²) in [4.78, 5) is 1.52. The highest BCUT2D eigenvalue weighted by molar-refractivity contribution is 7.10. The number of rotatable bonds is 5. The molecule has 1 aromatic rings. The van der Waals surface area contributed by atoms with Gasteiger partial charge in [-0.05, 0) is 55.9 Å². The first-order valence-corrected chi connectivity index (χ1v) is 8.10. The average Bonchev–Trinajstić information content (AvgIpc) is 3.11. The van der Waals surface area contributed by atoms with Crippen LogP contribution in [-0.4, -0.2) is 19.3 Å². The van der Waals surface area contributed by atoms with Gasteiger partial charge in [0.25, 0.3) is 0 Å². The molecule has 3 heteroatoms. The Bertz CT molecular complexity index is 355. The van der Waals surface area contributed by atoms with Gasteiger partial charge in [-0.25, -0.2) is 0 Å². The van der Waals surface area contributed by atoms with Gasteiger partial charge in [-0.1, -0.05) is 6.07 Å². The highest BCUT2D eigenvalue weighted by Crippen LogP contribution is 2.43. The minimum Gasteiger partial charge on any atom is -0.381 e. The molecule has 1 N–H and O–H groups in total. The van der Waals surface area contributed by atoms with Gasteiger partial charge in [-0.15, -0.1) is 11.3 Å². The quantitative estimate of drug-likeness (QED) is 0.878. The molecule has 1 aliphatic carbocycles. The molecule has 2 aliphatic rings. The van der Waals surface area contributed by atoms with Gasteiger partial charge >= 0.3 is 0 Å². The van der Waals surface area contributed by atoms with Crippen LogP contribution < -0.4 is 5.32 Å². The second kappa shape index (κ2) is 5.72. The van der Waals surface area contributed by atoms with Crippen molar-refractivity contribution in [3.05, 3.63) is 22.4 Å². The van der Waals surface area contributed by atoms with Crippen molar-refractivity contribution in [1.29, 1.82) is 0 Å². The minimum absolute atomic E-state index is 0.600. The van der Waals surface area contributed by atoms with E-state index in [1.54, 1.807) is 0 Å². The van der Waals surface area contributed by atoms with E-state index in [1.807, 2.05) is 11.3 Å². The third-order valence-corrected chi connectivity index (χ3v) is 5.31. The summed E-state index contributed by atoms with van der Waals surface area (Å²) in [6.45, 7) is 4.26. The Kier molecular flexibility index (Phi) is 4.02. The SMILES string of the molecule is CC(NC(c1cccs1)C1CC1)C1CCOCC1. The molecule has 0 amide bonds. The monoisotopic (exact) mass is 265 g/mol. The van der Waals surface area contributed by atoms with Crippen molar-refractivity contribution < 1.29 is 4.74 Å². The summed E-state index contributed by atoms with van der Waals surface area (Å²) in [5.74, 6) is 1.67. The molecule has 1 saturated heterocycles. The van der Waals surface area contributed by atoms with Crippen LogP contribution in [0, 0.1) is 11.8 Å². The Morgan fingerprint density at radius 1 is 1.22 bits per heavy atom. The van der Waals surface area contributed by atoms with E-state index in [-0.39, 0.29) is 0 Å². The zero-order valence-electron chi connectivity index (χ0n) is 11.1. The molecular weight excluding hydrogens is 242 g/mol. The molecule has 100 valence electrons. The van der Waals surface area contributed by atoms with Crippen LogP contribution in [0.5, 0.6) is 0 Å². The maximum absolute atomic E-state index is 5.46. The van der Waals surface area contributed by atoms with E-state index in [0.29, 0.717) is 12.1 Å². The molecule has 2 fully saturated rings. The van der Waals surface area contributed by atoms with Crippen molar-refractivity contribution in [3.8, 4) is 0 Å². The van der Waals surface area contributed by atoms with Crippen molar-refractivity contribution in [1.82, 2.24) is 5.32 Å². The summed E-state index contributed by atoms with van der Waals surface area (Å²) >= 11 is 1.90. The first kappa shape index (κ1) is 12.6. The molecule has 0 bridgehead atoms. The summed E-state index contributed by atoms with van der Waals surface area (Å²) < 4.78 is 5.46. The Balaban J connectivity index is 1.61. The largest absolute Gasteiger partial charge is 0.381 e. The molecule has 1 aliphatic heterocycles. The maximum Gasteiger partial charge on any atom is 0.0469 e. The second-order valence-corrected chi connectivity index (χ2v) is 6.71. The van der Waals surface area contributed by atoms with E-state index in [0.717, 1.165) is 25.0 Å². The van der Waals surface area contributed by atoms with Gasteiger partial charge in [0, 0.05) is 30.2 Å². The number of hydrogen-bond donors (Lipinski definition) is 1. The summed E-state index contributed by atoms with van der Waals surface area (Å²) in [7, 11) is 0. The number of nitrogens with one attached hydrogen (secondary N) is 1. The van der Waals surface area contributed by atoms with Gasteiger partial charge in [0.15, 0.2) is 0 Å². The Hall–Kier alpha value is -0.380. The highest BCUT2D eigenvalue weighted by Gasteiger charge is 2.34. The lowest BCUT2D eigenvalue weighted by atomic mass is 9.92. The van der Waals surface area contributed by atoms with Crippen LogP contribution in [0.3, 0.4) is 0 Å². The highest BCUT2D eigenvalue weighted by atomic mass is 32.1. The molecule has 0 aromatic carbocycles. The van der Waals surface area contributed by atoms with Gasteiger partial charge < -0.3 is 10.1 Å². The van der Waals surface area contributed by atoms with Crippen LogP contribution in [0.25, 0.3) is 0 Å². The molecule has 1 aromatic heterocycles. The zero-order valence-corrected chi connectivity index (χ0v) is 11.9. The molecule has 18 heavy (non-hydrogen) atoms. The van der Waals surface area contributed by atoms with Crippen LogP contribution >= 0.6 is 11.3 Å². The lowest BCUT2D eigenvalue weighted by Gasteiger charge is -2.31. The molecule has 2 atom stereocenters. The fourth-order valence-electron chi connectivity index (χ4n) is 2.98.